The van der Waals surface area contributed by atoms with Crippen LogP contribution in [-0.2, 0) is 22.4 Å². The van der Waals surface area contributed by atoms with E-state index >= 15 is 0 Å². The number of benzene rings is 2. The zero-order valence-corrected chi connectivity index (χ0v) is 29.1. The third-order valence-electron chi connectivity index (χ3n) is 9.77. The van der Waals surface area contributed by atoms with Crippen LogP contribution in [0.25, 0.3) is 0 Å². The van der Waals surface area contributed by atoms with Crippen molar-refractivity contribution in [1.29, 1.82) is 0 Å². The molecule has 4 heterocycles. The number of amides is 4. The van der Waals surface area contributed by atoms with Crippen molar-refractivity contribution in [2.45, 2.75) is 56.7 Å². The van der Waals surface area contributed by atoms with Crippen LogP contribution in [0, 0.1) is 0 Å². The van der Waals surface area contributed by atoms with Gasteiger partial charge >= 0.3 is 12.1 Å². The van der Waals surface area contributed by atoms with Crippen LogP contribution in [-0.4, -0.2) is 120 Å². The normalized spacial score (nSPS) is 20.9. The van der Waals surface area contributed by atoms with E-state index in [0.717, 1.165) is 62.3 Å². The maximum atomic E-state index is 13.9. The summed E-state index contributed by atoms with van der Waals surface area (Å²) in [6.45, 7) is 6.78. The lowest BCUT2D eigenvalue weighted by Gasteiger charge is -2.41. The number of phenolic OH excluding ortho intramolecular Hbond substituents is 1. The van der Waals surface area contributed by atoms with Gasteiger partial charge in [0.1, 0.15) is 5.75 Å². The molecule has 13 heteroatoms. The average molecular weight is 763 g/mol. The number of hydrogen-bond acceptors (Lipinski definition) is 7. The Labute approximate surface area is 286 Å². The van der Waals surface area contributed by atoms with Gasteiger partial charge in [-0.25, -0.2) is 9.59 Å². The van der Waals surface area contributed by atoms with E-state index in [9.17, 15) is 19.5 Å². The zero-order valence-electron chi connectivity index (χ0n) is 25.9. The second-order valence-electron chi connectivity index (χ2n) is 12.6. The molecule has 11 nitrogen and oxygen atoms in total. The standard InChI is InChI=1S/C33H42Br2N6O5/c34-26-19-22(20-27(35)30(26)42)21-29(31(43)39-12-6-24(7-13-39)38-17-10-36-11-18-38)46-33(45)40-14-8-25(9-15-40)41-16-5-23-3-1-2-4-28(23)37-32(41)44/h1-4,19-20,24-25,29,36,42H,5-18,21H2,(H,37,44). The average Bonchev–Trinajstić information content (AvgIpc) is 3.25. The van der Waals surface area contributed by atoms with Gasteiger partial charge in [-0.05, 0) is 93.3 Å². The molecule has 2 aromatic carbocycles. The summed E-state index contributed by atoms with van der Waals surface area (Å²) in [5, 5.41) is 16.7. The second-order valence-corrected chi connectivity index (χ2v) is 14.3. The van der Waals surface area contributed by atoms with Gasteiger partial charge in [0.05, 0.1) is 8.95 Å². The molecule has 248 valence electrons. The summed E-state index contributed by atoms with van der Waals surface area (Å²) in [5.41, 5.74) is 2.73. The van der Waals surface area contributed by atoms with E-state index in [4.69, 9.17) is 4.74 Å². The Morgan fingerprint density at radius 2 is 1.52 bits per heavy atom. The van der Waals surface area contributed by atoms with Crippen molar-refractivity contribution in [3.63, 3.8) is 0 Å². The van der Waals surface area contributed by atoms with Gasteiger partial charge in [0.2, 0.25) is 0 Å². The number of phenols is 1. The van der Waals surface area contributed by atoms with Crippen molar-refractivity contribution < 1.29 is 24.2 Å². The number of likely N-dealkylation sites (tertiary alicyclic amines) is 2. The smallest absolute Gasteiger partial charge is 0.410 e. The molecule has 0 radical (unpaired) electrons. The number of urea groups is 1. The van der Waals surface area contributed by atoms with Crippen LogP contribution in [0.2, 0.25) is 0 Å². The van der Waals surface area contributed by atoms with Gasteiger partial charge in [-0.15, -0.1) is 0 Å². The molecule has 46 heavy (non-hydrogen) atoms. The van der Waals surface area contributed by atoms with Gasteiger partial charge in [0, 0.05) is 83.1 Å². The predicted molar refractivity (Wildman–Crippen MR) is 182 cm³/mol. The van der Waals surface area contributed by atoms with Crippen molar-refractivity contribution in [2.24, 2.45) is 0 Å². The molecule has 1 atom stereocenters. The molecule has 2 aromatic rings. The van der Waals surface area contributed by atoms with Crippen LogP contribution in [0.4, 0.5) is 15.3 Å². The molecule has 4 aliphatic rings. The van der Waals surface area contributed by atoms with Gasteiger partial charge in [-0.1, -0.05) is 18.2 Å². The Hall–Kier alpha value is -2.87. The van der Waals surface area contributed by atoms with Crippen LogP contribution >= 0.6 is 31.9 Å². The first-order chi connectivity index (χ1) is 22.3. The summed E-state index contributed by atoms with van der Waals surface area (Å²) in [4.78, 5) is 48.4. The molecule has 3 fully saturated rings. The summed E-state index contributed by atoms with van der Waals surface area (Å²) in [6.07, 6.45) is 2.50. The summed E-state index contributed by atoms with van der Waals surface area (Å²) in [7, 11) is 0. The van der Waals surface area contributed by atoms with E-state index in [2.05, 4.69) is 47.4 Å². The Kier molecular flexibility index (Phi) is 10.7. The quantitative estimate of drug-likeness (QED) is 0.400. The molecule has 3 saturated heterocycles. The monoisotopic (exact) mass is 760 g/mol. The van der Waals surface area contributed by atoms with Gasteiger partial charge in [0.25, 0.3) is 5.91 Å². The minimum atomic E-state index is -1.00. The Bertz CT molecular complexity index is 1400. The fourth-order valence-corrected chi connectivity index (χ4v) is 8.41. The highest BCUT2D eigenvalue weighted by Crippen LogP contribution is 2.34. The number of aromatic hydroxyl groups is 1. The van der Waals surface area contributed by atoms with E-state index < -0.39 is 12.2 Å². The number of carbonyl (C=O) groups is 3. The van der Waals surface area contributed by atoms with Crippen LogP contribution in [0.15, 0.2) is 45.3 Å². The number of ether oxygens (including phenoxy) is 1. The summed E-state index contributed by atoms with van der Waals surface area (Å²) >= 11 is 6.76. The highest BCUT2D eigenvalue weighted by molar-refractivity contribution is 9.11. The van der Waals surface area contributed by atoms with Gasteiger partial charge in [-0.2, -0.15) is 0 Å². The van der Waals surface area contributed by atoms with Crippen molar-refractivity contribution in [1.82, 2.24) is 24.9 Å². The third-order valence-corrected chi connectivity index (χ3v) is 11.0. The highest BCUT2D eigenvalue weighted by atomic mass is 79.9. The van der Waals surface area contributed by atoms with Crippen LogP contribution in [0.1, 0.15) is 36.8 Å². The van der Waals surface area contributed by atoms with Gasteiger partial charge in [0.15, 0.2) is 6.10 Å². The molecule has 3 N–H and O–H groups in total. The Morgan fingerprint density at radius 3 is 2.22 bits per heavy atom. The minimum Gasteiger partial charge on any atom is -0.506 e. The van der Waals surface area contributed by atoms with Crippen molar-refractivity contribution >= 4 is 55.6 Å². The fourth-order valence-electron chi connectivity index (χ4n) is 7.13. The Balaban J connectivity index is 1.09. The number of halogens is 2. The number of nitrogens with zero attached hydrogens (tertiary/aromatic N) is 4. The SMILES string of the molecule is O=C(OC(Cc1cc(Br)c(O)c(Br)c1)C(=O)N1CCC(N2CCNCC2)CC1)N1CCC(N2CCc3ccccc3NC2=O)CC1. The number of rotatable bonds is 6. The predicted octanol–water partition coefficient (Wildman–Crippen LogP) is 4.42. The minimum absolute atomic E-state index is 0.0134. The number of para-hydroxylation sites is 1. The van der Waals surface area contributed by atoms with Crippen molar-refractivity contribution in [2.75, 3.05) is 64.2 Å². The lowest BCUT2D eigenvalue weighted by molar-refractivity contribution is -0.142. The molecular weight excluding hydrogens is 720 g/mol. The number of fused-ring (bicyclic) bond motifs is 1. The lowest BCUT2D eigenvalue weighted by Crippen LogP contribution is -2.54. The molecule has 0 bridgehead atoms. The summed E-state index contributed by atoms with van der Waals surface area (Å²) in [5.74, 6) is -0.119. The van der Waals surface area contributed by atoms with Gasteiger partial charge < -0.3 is 35.2 Å². The van der Waals surface area contributed by atoms with E-state index in [1.54, 1.807) is 17.0 Å². The number of piperazine rings is 1. The first-order valence-corrected chi connectivity index (χ1v) is 17.9. The number of anilines is 1. The van der Waals surface area contributed by atoms with Crippen molar-refractivity contribution in [3.05, 3.63) is 56.5 Å². The van der Waals surface area contributed by atoms with Crippen molar-refractivity contribution in [3.8, 4) is 5.75 Å². The molecule has 0 spiro atoms. The van der Waals surface area contributed by atoms with Crippen LogP contribution in [0.3, 0.4) is 0 Å². The summed E-state index contributed by atoms with van der Waals surface area (Å²) in [6, 6.07) is 11.7. The first kappa shape index (κ1) is 33.0. The molecule has 0 saturated carbocycles. The van der Waals surface area contributed by atoms with E-state index in [0.29, 0.717) is 60.6 Å². The second kappa shape index (κ2) is 14.9. The highest BCUT2D eigenvalue weighted by Gasteiger charge is 2.36. The maximum Gasteiger partial charge on any atom is 0.410 e. The van der Waals surface area contributed by atoms with Crippen LogP contribution < -0.4 is 10.6 Å². The number of carbonyl (C=O) groups excluding carboxylic acids is 3. The molecule has 1 unspecified atom stereocenters. The third kappa shape index (κ3) is 7.64. The summed E-state index contributed by atoms with van der Waals surface area (Å²) < 4.78 is 7.01. The van der Waals surface area contributed by atoms with E-state index in [-0.39, 0.29) is 30.2 Å². The Morgan fingerprint density at radius 1 is 0.891 bits per heavy atom. The topological polar surface area (TPSA) is 118 Å². The molecular formula is C33H42Br2N6O5. The van der Waals surface area contributed by atoms with Crippen LogP contribution in [0.5, 0.6) is 5.75 Å². The van der Waals surface area contributed by atoms with E-state index in [1.165, 1.54) is 0 Å². The zero-order chi connectivity index (χ0) is 32.2. The van der Waals surface area contributed by atoms with E-state index in [1.807, 2.05) is 34.1 Å². The number of nitrogens with one attached hydrogen (secondary N) is 2. The first-order valence-electron chi connectivity index (χ1n) is 16.3. The fraction of sp³-hybridized carbons (Fsp3) is 0.545. The van der Waals surface area contributed by atoms with Gasteiger partial charge in [-0.3, -0.25) is 9.69 Å². The molecule has 4 aliphatic heterocycles. The largest absolute Gasteiger partial charge is 0.506 e. The maximum absolute atomic E-state index is 13.9. The molecule has 4 amide bonds. The molecule has 0 aromatic heterocycles. The molecule has 6 rings (SSSR count). The number of piperidine rings is 2. The number of hydrogen-bond donors (Lipinski definition) is 3. The lowest BCUT2D eigenvalue weighted by atomic mass is 10.0. The molecule has 0 aliphatic carbocycles.